The van der Waals surface area contributed by atoms with Crippen LogP contribution in [0.1, 0.15) is 25.3 Å². The first-order chi connectivity index (χ1) is 9.40. The second kappa shape index (κ2) is 5.81. The molecule has 0 aliphatic carbocycles. The predicted molar refractivity (Wildman–Crippen MR) is 80.6 cm³/mol. The van der Waals surface area contributed by atoms with Crippen molar-refractivity contribution < 1.29 is 8.42 Å². The number of benzene rings is 1. The van der Waals surface area contributed by atoms with E-state index in [0.717, 1.165) is 5.56 Å². The monoisotopic (exact) mass is 310 g/mol. The van der Waals surface area contributed by atoms with Crippen LogP contribution in [0.5, 0.6) is 0 Å². The number of hydrogen-bond donors (Lipinski definition) is 1. The normalized spacial score (nSPS) is 11.6. The second-order valence-corrected chi connectivity index (χ2v) is 6.75. The van der Waals surface area contributed by atoms with Gasteiger partial charge in [0.2, 0.25) is 0 Å². The Kier molecular flexibility index (Phi) is 4.30. The van der Waals surface area contributed by atoms with Crippen LogP contribution in [0, 0.1) is 0 Å². The average Bonchev–Trinajstić information content (AvgIpc) is 2.39. The van der Waals surface area contributed by atoms with E-state index in [2.05, 4.69) is 23.6 Å². The molecule has 0 spiro atoms. The lowest BCUT2D eigenvalue weighted by Gasteiger charge is -2.10. The second-order valence-electron chi connectivity index (χ2n) is 4.69. The quantitative estimate of drug-likeness (QED) is 0.937. The van der Waals surface area contributed by atoms with Crippen LogP contribution < -0.4 is 4.72 Å². The third-order valence-corrected chi connectivity index (χ3v) is 4.70. The molecule has 0 atom stereocenters. The first kappa shape index (κ1) is 14.8. The number of halogens is 1. The summed E-state index contributed by atoms with van der Waals surface area (Å²) >= 11 is 5.88. The lowest BCUT2D eigenvalue weighted by atomic mass is 10.0. The zero-order valence-corrected chi connectivity index (χ0v) is 12.7. The summed E-state index contributed by atoms with van der Waals surface area (Å²) in [6.07, 6.45) is 2.67. The highest BCUT2D eigenvalue weighted by Gasteiger charge is 2.18. The number of aromatic nitrogens is 1. The van der Waals surface area contributed by atoms with Crippen molar-refractivity contribution in [2.75, 3.05) is 4.72 Å². The molecule has 0 aliphatic rings. The fourth-order valence-corrected chi connectivity index (χ4v) is 3.20. The maximum Gasteiger partial charge on any atom is 0.264 e. The topological polar surface area (TPSA) is 59.1 Å². The SMILES string of the molecule is CC(C)c1ccc(NS(=O)(=O)c2cnccc2Cl)cc1. The van der Waals surface area contributed by atoms with Gasteiger partial charge < -0.3 is 0 Å². The fraction of sp³-hybridized carbons (Fsp3) is 0.214. The molecule has 1 heterocycles. The molecule has 20 heavy (non-hydrogen) atoms. The van der Waals surface area contributed by atoms with Gasteiger partial charge >= 0.3 is 0 Å². The van der Waals surface area contributed by atoms with Crippen LogP contribution in [0.2, 0.25) is 5.02 Å². The van der Waals surface area contributed by atoms with Crippen molar-refractivity contribution in [2.45, 2.75) is 24.7 Å². The van der Waals surface area contributed by atoms with Crippen molar-refractivity contribution in [3.8, 4) is 0 Å². The molecule has 6 heteroatoms. The molecule has 4 nitrogen and oxygen atoms in total. The molecule has 106 valence electrons. The van der Waals surface area contributed by atoms with E-state index in [1.165, 1.54) is 18.5 Å². The average molecular weight is 311 g/mol. The fourth-order valence-electron chi connectivity index (χ4n) is 1.71. The van der Waals surface area contributed by atoms with Gasteiger partial charge in [-0.1, -0.05) is 37.6 Å². The summed E-state index contributed by atoms with van der Waals surface area (Å²) in [6.45, 7) is 4.16. The van der Waals surface area contributed by atoms with Crippen LogP contribution in [0.25, 0.3) is 0 Å². The Balaban J connectivity index is 2.27. The number of nitrogens with zero attached hydrogens (tertiary/aromatic N) is 1. The van der Waals surface area contributed by atoms with Crippen molar-refractivity contribution in [1.82, 2.24) is 4.98 Å². The molecule has 1 N–H and O–H groups in total. The minimum Gasteiger partial charge on any atom is -0.280 e. The van der Waals surface area contributed by atoms with Crippen molar-refractivity contribution >= 4 is 27.3 Å². The van der Waals surface area contributed by atoms with Crippen LogP contribution in [-0.4, -0.2) is 13.4 Å². The lowest BCUT2D eigenvalue weighted by Crippen LogP contribution is -2.13. The van der Waals surface area contributed by atoms with Gasteiger partial charge in [0.05, 0.1) is 5.02 Å². The van der Waals surface area contributed by atoms with Gasteiger partial charge in [-0.2, -0.15) is 0 Å². The van der Waals surface area contributed by atoms with Gasteiger partial charge in [0.15, 0.2) is 0 Å². The lowest BCUT2D eigenvalue weighted by molar-refractivity contribution is 0.601. The molecule has 0 saturated carbocycles. The summed E-state index contributed by atoms with van der Waals surface area (Å²) in [4.78, 5) is 3.75. The number of pyridine rings is 1. The molecule has 0 fully saturated rings. The minimum atomic E-state index is -3.72. The Bertz CT molecular complexity index is 697. The zero-order chi connectivity index (χ0) is 14.8. The van der Waals surface area contributed by atoms with Crippen molar-refractivity contribution in [3.63, 3.8) is 0 Å². The summed E-state index contributed by atoms with van der Waals surface area (Å²) in [7, 11) is -3.72. The summed E-state index contributed by atoms with van der Waals surface area (Å²) < 4.78 is 26.9. The summed E-state index contributed by atoms with van der Waals surface area (Å²) in [5, 5.41) is 0.145. The first-order valence-corrected chi connectivity index (χ1v) is 7.98. The molecule has 0 unspecified atom stereocenters. The highest BCUT2D eigenvalue weighted by molar-refractivity contribution is 7.92. The summed E-state index contributed by atoms with van der Waals surface area (Å²) in [5.74, 6) is 0.397. The van der Waals surface area contributed by atoms with E-state index < -0.39 is 10.0 Å². The molecule has 0 aliphatic heterocycles. The van der Waals surface area contributed by atoms with E-state index >= 15 is 0 Å². The van der Waals surface area contributed by atoms with Crippen molar-refractivity contribution in [2.24, 2.45) is 0 Å². The van der Waals surface area contributed by atoms with Gasteiger partial charge in [0.25, 0.3) is 10.0 Å². The third kappa shape index (κ3) is 3.29. The zero-order valence-electron chi connectivity index (χ0n) is 11.2. The summed E-state index contributed by atoms with van der Waals surface area (Å²) in [5.41, 5.74) is 1.64. The summed E-state index contributed by atoms with van der Waals surface area (Å²) in [6, 6.07) is 8.70. The Morgan fingerprint density at radius 2 is 1.80 bits per heavy atom. The van der Waals surface area contributed by atoms with E-state index in [1.54, 1.807) is 12.1 Å². The van der Waals surface area contributed by atoms with Crippen LogP contribution in [0.3, 0.4) is 0 Å². The van der Waals surface area contributed by atoms with E-state index in [4.69, 9.17) is 11.6 Å². The number of rotatable bonds is 4. The largest absolute Gasteiger partial charge is 0.280 e. The van der Waals surface area contributed by atoms with Gasteiger partial charge in [-0.3, -0.25) is 9.71 Å². The highest BCUT2D eigenvalue weighted by Crippen LogP contribution is 2.23. The van der Waals surface area contributed by atoms with Gasteiger partial charge in [-0.05, 0) is 29.7 Å². The number of nitrogens with one attached hydrogen (secondary N) is 1. The number of anilines is 1. The molecule has 0 saturated heterocycles. The minimum absolute atomic E-state index is 0.0328. The standard InChI is InChI=1S/C14H15ClN2O2S/c1-10(2)11-3-5-12(6-4-11)17-20(18,19)14-9-16-8-7-13(14)15/h3-10,17H,1-2H3. The van der Waals surface area contributed by atoms with Gasteiger partial charge in [-0.15, -0.1) is 0 Å². The molecule has 0 amide bonds. The van der Waals surface area contributed by atoms with Crippen LogP contribution in [-0.2, 0) is 10.0 Å². The Labute approximate surface area is 123 Å². The molecule has 1 aromatic heterocycles. The van der Waals surface area contributed by atoms with E-state index in [9.17, 15) is 8.42 Å². The maximum absolute atomic E-state index is 12.2. The highest BCUT2D eigenvalue weighted by atomic mass is 35.5. The van der Waals surface area contributed by atoms with Gasteiger partial charge in [0.1, 0.15) is 4.90 Å². The van der Waals surface area contributed by atoms with E-state index in [-0.39, 0.29) is 9.92 Å². The van der Waals surface area contributed by atoms with Gasteiger partial charge in [0, 0.05) is 18.1 Å². The molecule has 2 rings (SSSR count). The molecule has 1 aromatic carbocycles. The van der Waals surface area contributed by atoms with Crippen LogP contribution >= 0.6 is 11.6 Å². The third-order valence-electron chi connectivity index (χ3n) is 2.85. The van der Waals surface area contributed by atoms with E-state index in [0.29, 0.717) is 11.6 Å². The van der Waals surface area contributed by atoms with E-state index in [1.807, 2.05) is 12.1 Å². The molecular formula is C14H15ClN2O2S. The molecular weight excluding hydrogens is 296 g/mol. The Morgan fingerprint density at radius 1 is 1.15 bits per heavy atom. The van der Waals surface area contributed by atoms with Gasteiger partial charge in [-0.25, -0.2) is 8.42 Å². The van der Waals surface area contributed by atoms with Crippen molar-refractivity contribution in [1.29, 1.82) is 0 Å². The molecule has 0 radical (unpaired) electrons. The van der Waals surface area contributed by atoms with Crippen molar-refractivity contribution in [3.05, 3.63) is 53.3 Å². The molecule has 2 aromatic rings. The Morgan fingerprint density at radius 3 is 2.35 bits per heavy atom. The predicted octanol–water partition coefficient (Wildman–Crippen LogP) is 3.66. The Hall–Kier alpha value is -1.59. The van der Waals surface area contributed by atoms with Crippen LogP contribution in [0.4, 0.5) is 5.69 Å². The maximum atomic E-state index is 12.2. The number of hydrogen-bond acceptors (Lipinski definition) is 3. The number of sulfonamides is 1. The smallest absolute Gasteiger partial charge is 0.264 e. The van der Waals surface area contributed by atoms with Crippen LogP contribution in [0.15, 0.2) is 47.6 Å². The molecule has 0 bridgehead atoms. The first-order valence-electron chi connectivity index (χ1n) is 6.12.